The summed E-state index contributed by atoms with van der Waals surface area (Å²) in [4.78, 5) is 13.6. The minimum atomic E-state index is -0.984. The molecule has 4 nitrogen and oxygen atoms in total. The molecule has 1 aromatic carbocycles. The molecule has 0 saturated carbocycles. The van der Waals surface area contributed by atoms with Gasteiger partial charge in [-0.1, -0.05) is 0 Å². The summed E-state index contributed by atoms with van der Waals surface area (Å²) >= 11 is 0. The van der Waals surface area contributed by atoms with Gasteiger partial charge in [-0.15, -0.1) is 0 Å². The van der Waals surface area contributed by atoms with Crippen LogP contribution in [0.2, 0.25) is 0 Å². The van der Waals surface area contributed by atoms with Gasteiger partial charge in [-0.25, -0.2) is 13.6 Å². The molecule has 0 aromatic heterocycles. The maximum absolute atomic E-state index is 12.8. The van der Waals surface area contributed by atoms with Crippen molar-refractivity contribution in [3.63, 3.8) is 0 Å². The summed E-state index contributed by atoms with van der Waals surface area (Å²) in [5.41, 5.74) is 7.75. The largest absolute Gasteiger partial charge is 0.460 e. The standard InChI is InChI=1S/C9H6F2N2O2/c1-15-9(14)8(13-12)5-2-6(10)4-7(11)3-5/h2-4H,1H3. The second-order valence-corrected chi connectivity index (χ2v) is 2.60. The lowest BCUT2D eigenvalue weighted by molar-refractivity contribution is -0.137. The van der Waals surface area contributed by atoms with Crippen LogP contribution >= 0.6 is 0 Å². The van der Waals surface area contributed by atoms with E-state index in [4.69, 9.17) is 5.53 Å². The molecule has 0 N–H and O–H groups in total. The molecule has 0 saturated heterocycles. The van der Waals surface area contributed by atoms with Crippen LogP contribution < -0.4 is 0 Å². The predicted molar refractivity (Wildman–Crippen MR) is 46.1 cm³/mol. The van der Waals surface area contributed by atoms with Crippen LogP contribution in [0.5, 0.6) is 0 Å². The number of hydrogen-bond acceptors (Lipinski definition) is 2. The molecule has 0 radical (unpaired) electrons. The number of hydrogen-bond donors (Lipinski definition) is 0. The zero-order valence-electron chi connectivity index (χ0n) is 7.70. The van der Waals surface area contributed by atoms with Gasteiger partial charge in [0.25, 0.3) is 0 Å². The van der Waals surface area contributed by atoms with Gasteiger partial charge in [0, 0.05) is 6.07 Å². The second-order valence-electron chi connectivity index (χ2n) is 2.60. The average molecular weight is 212 g/mol. The summed E-state index contributed by atoms with van der Waals surface area (Å²) in [5, 5.41) is 0. The molecule has 0 unspecified atom stereocenters. The van der Waals surface area contributed by atoms with Crippen LogP contribution in [-0.2, 0) is 9.53 Å². The van der Waals surface area contributed by atoms with Crippen LogP contribution in [0.4, 0.5) is 8.78 Å². The van der Waals surface area contributed by atoms with Gasteiger partial charge in [0.1, 0.15) is 11.6 Å². The van der Waals surface area contributed by atoms with Gasteiger partial charge in [0.15, 0.2) is 0 Å². The van der Waals surface area contributed by atoms with Crippen molar-refractivity contribution in [1.82, 2.24) is 0 Å². The Morgan fingerprint density at radius 1 is 1.33 bits per heavy atom. The molecule has 78 valence electrons. The highest BCUT2D eigenvalue weighted by Crippen LogP contribution is 2.08. The number of methoxy groups -OCH3 is 1. The maximum Gasteiger partial charge on any atom is 0.422 e. The van der Waals surface area contributed by atoms with Crippen LogP contribution in [0.1, 0.15) is 5.56 Å². The number of carbonyl (C=O) groups excluding carboxylic acids is 1. The molecule has 0 heterocycles. The van der Waals surface area contributed by atoms with E-state index in [1.807, 2.05) is 0 Å². The Kier molecular flexibility index (Phi) is 3.25. The Balaban J connectivity index is 3.25. The first-order valence-electron chi connectivity index (χ1n) is 3.85. The van der Waals surface area contributed by atoms with E-state index in [0.29, 0.717) is 6.07 Å². The molecule has 0 aliphatic heterocycles. The summed E-state index contributed by atoms with van der Waals surface area (Å²) in [5.74, 6) is -2.74. The molecule has 0 atom stereocenters. The topological polar surface area (TPSA) is 62.7 Å². The van der Waals surface area contributed by atoms with Crippen molar-refractivity contribution in [2.75, 3.05) is 7.11 Å². The molecule has 0 amide bonds. The number of benzene rings is 1. The highest BCUT2D eigenvalue weighted by atomic mass is 19.1. The molecule has 0 aliphatic carbocycles. The van der Waals surface area contributed by atoms with Gasteiger partial charge in [0.2, 0.25) is 0 Å². The average Bonchev–Trinajstić information content (AvgIpc) is 2.17. The molecule has 0 spiro atoms. The quantitative estimate of drug-likeness (QED) is 0.319. The predicted octanol–water partition coefficient (Wildman–Crippen LogP) is 1.16. The minimum absolute atomic E-state index is 0.193. The van der Waals surface area contributed by atoms with E-state index in [0.717, 1.165) is 19.2 Å². The number of rotatable bonds is 2. The first-order valence-corrected chi connectivity index (χ1v) is 3.85. The van der Waals surface area contributed by atoms with Crippen molar-refractivity contribution in [3.8, 4) is 0 Å². The van der Waals surface area contributed by atoms with Crippen LogP contribution in [0.25, 0.3) is 5.53 Å². The van der Waals surface area contributed by atoms with E-state index in [-0.39, 0.29) is 5.56 Å². The van der Waals surface area contributed by atoms with E-state index >= 15 is 0 Å². The fraction of sp³-hybridized carbons (Fsp3) is 0.111. The van der Waals surface area contributed by atoms with Crippen LogP contribution in [0, 0.1) is 11.6 Å². The van der Waals surface area contributed by atoms with E-state index in [9.17, 15) is 13.6 Å². The highest BCUT2D eigenvalue weighted by Gasteiger charge is 2.24. The smallest absolute Gasteiger partial charge is 0.422 e. The fourth-order valence-corrected chi connectivity index (χ4v) is 1.00. The Morgan fingerprint density at radius 2 is 1.87 bits per heavy atom. The first-order chi connectivity index (χ1) is 7.08. The highest BCUT2D eigenvalue weighted by molar-refractivity contribution is 6.40. The summed E-state index contributed by atoms with van der Waals surface area (Å²) in [6.45, 7) is 0. The van der Waals surface area contributed by atoms with Crippen molar-refractivity contribution in [2.24, 2.45) is 0 Å². The fourth-order valence-electron chi connectivity index (χ4n) is 1.00. The molecule has 1 aromatic rings. The van der Waals surface area contributed by atoms with E-state index in [1.54, 1.807) is 0 Å². The molecule has 0 bridgehead atoms. The van der Waals surface area contributed by atoms with Gasteiger partial charge in [-0.2, -0.15) is 4.79 Å². The third kappa shape index (κ3) is 2.45. The van der Waals surface area contributed by atoms with Crippen molar-refractivity contribution >= 4 is 11.7 Å². The number of nitrogens with zero attached hydrogens (tertiary/aromatic N) is 2. The molecule has 6 heteroatoms. The number of esters is 1. The second kappa shape index (κ2) is 4.43. The molecule has 15 heavy (non-hydrogen) atoms. The molecular weight excluding hydrogens is 206 g/mol. The van der Waals surface area contributed by atoms with Gasteiger partial charge >= 0.3 is 11.7 Å². The summed E-state index contributed by atoms with van der Waals surface area (Å²) < 4.78 is 29.8. The molecular formula is C9H6F2N2O2. The lowest BCUT2D eigenvalue weighted by atomic mass is 10.1. The monoisotopic (exact) mass is 212 g/mol. The summed E-state index contributed by atoms with van der Waals surface area (Å²) in [7, 11) is 1.06. The number of ether oxygens (including phenoxy) is 1. The van der Waals surface area contributed by atoms with Crippen LogP contribution in [-0.4, -0.2) is 23.6 Å². The molecule has 1 rings (SSSR count). The Labute approximate surface area is 83.7 Å². The van der Waals surface area contributed by atoms with E-state index in [2.05, 4.69) is 9.53 Å². The number of halogens is 2. The van der Waals surface area contributed by atoms with Crippen molar-refractivity contribution in [3.05, 3.63) is 40.9 Å². The van der Waals surface area contributed by atoms with Gasteiger partial charge in [-0.3, -0.25) is 0 Å². The normalized spacial score (nSPS) is 9.27. The van der Waals surface area contributed by atoms with Crippen molar-refractivity contribution in [2.45, 2.75) is 0 Å². The lowest BCUT2D eigenvalue weighted by Crippen LogP contribution is -2.18. The van der Waals surface area contributed by atoms with E-state index < -0.39 is 23.3 Å². The maximum atomic E-state index is 12.8. The molecule has 0 aliphatic rings. The SMILES string of the molecule is COC(=O)C(=[N+]=[N-])c1cc(F)cc(F)c1. The van der Waals surface area contributed by atoms with Gasteiger partial charge in [0.05, 0.1) is 12.7 Å². The molecule has 0 fully saturated rings. The van der Waals surface area contributed by atoms with Crippen molar-refractivity contribution < 1.29 is 23.1 Å². The Morgan fingerprint density at radius 3 is 2.27 bits per heavy atom. The minimum Gasteiger partial charge on any atom is -0.460 e. The summed E-state index contributed by atoms with van der Waals surface area (Å²) in [6, 6.07) is 2.35. The number of carbonyl (C=O) groups is 1. The lowest BCUT2D eigenvalue weighted by Gasteiger charge is -1.96. The zero-order valence-corrected chi connectivity index (χ0v) is 7.70. The third-order valence-corrected chi connectivity index (χ3v) is 1.61. The third-order valence-electron chi connectivity index (χ3n) is 1.61. The first kappa shape index (κ1) is 11.0. The Hall–Kier alpha value is -2.07. The van der Waals surface area contributed by atoms with Crippen LogP contribution in [0.3, 0.4) is 0 Å². The van der Waals surface area contributed by atoms with Crippen LogP contribution in [0.15, 0.2) is 18.2 Å². The zero-order chi connectivity index (χ0) is 11.4. The van der Waals surface area contributed by atoms with E-state index in [1.165, 1.54) is 0 Å². The summed E-state index contributed by atoms with van der Waals surface area (Å²) in [6.07, 6.45) is 0. The van der Waals surface area contributed by atoms with Gasteiger partial charge in [-0.05, 0) is 12.1 Å². The van der Waals surface area contributed by atoms with Gasteiger partial charge < -0.3 is 10.3 Å². The Bertz CT molecular complexity index is 433. The van der Waals surface area contributed by atoms with Crippen molar-refractivity contribution in [1.29, 1.82) is 0 Å².